The lowest BCUT2D eigenvalue weighted by Crippen LogP contribution is -2.45. The summed E-state index contributed by atoms with van der Waals surface area (Å²) >= 11 is 0. The fourth-order valence-corrected chi connectivity index (χ4v) is 5.85. The number of hydrogen-bond donors (Lipinski definition) is 1. The van der Waals surface area contributed by atoms with E-state index in [1.165, 1.54) is 0 Å². The van der Waals surface area contributed by atoms with Crippen molar-refractivity contribution >= 4 is 17.4 Å². The first kappa shape index (κ1) is 33.9. The lowest BCUT2D eigenvalue weighted by molar-refractivity contribution is -0.160. The van der Waals surface area contributed by atoms with Crippen LogP contribution in [0.15, 0.2) is 68.0 Å². The van der Waals surface area contributed by atoms with Gasteiger partial charge in [-0.3, -0.25) is 0 Å². The number of hydrogen-bond acceptors (Lipinski definition) is 8. The number of aliphatic carboxylic acids is 1. The Balaban J connectivity index is 1.53. The van der Waals surface area contributed by atoms with Crippen LogP contribution in [-0.2, 0) is 20.7 Å². The van der Waals surface area contributed by atoms with Gasteiger partial charge in [-0.25, -0.2) is 14.5 Å². The average Bonchev–Trinajstić information content (AvgIpc) is 3.66. The van der Waals surface area contributed by atoms with Gasteiger partial charge in [-0.2, -0.15) is 9.61 Å². The molecular weight excluding hydrogens is 596 g/mol. The van der Waals surface area contributed by atoms with Gasteiger partial charge < -0.3 is 24.2 Å². The minimum atomic E-state index is -1.25. The van der Waals surface area contributed by atoms with Crippen LogP contribution in [0.5, 0.6) is 5.75 Å². The Morgan fingerprint density at radius 2 is 1.91 bits per heavy atom. The van der Waals surface area contributed by atoms with Crippen LogP contribution in [0.1, 0.15) is 75.4 Å². The van der Waals surface area contributed by atoms with Gasteiger partial charge in [-0.05, 0) is 71.1 Å². The number of piperidine rings is 1. The lowest BCUT2D eigenvalue weighted by Gasteiger charge is -2.41. The van der Waals surface area contributed by atoms with Crippen LogP contribution in [0.2, 0.25) is 0 Å². The zero-order valence-electron chi connectivity index (χ0n) is 28.1. The Kier molecular flexibility index (Phi) is 10.2. The summed E-state index contributed by atoms with van der Waals surface area (Å²) < 4.78 is 21.7. The Bertz CT molecular complexity index is 1730. The quantitative estimate of drug-likeness (QED) is 0.125. The molecule has 250 valence electrons. The molecule has 1 atom stereocenters. The van der Waals surface area contributed by atoms with Crippen LogP contribution < -0.4 is 9.64 Å². The van der Waals surface area contributed by atoms with E-state index >= 15 is 0 Å². The summed E-state index contributed by atoms with van der Waals surface area (Å²) in [5.74, 6) is 0.972. The van der Waals surface area contributed by atoms with E-state index in [-0.39, 0.29) is 5.60 Å². The van der Waals surface area contributed by atoms with Gasteiger partial charge >= 0.3 is 5.97 Å². The minimum Gasteiger partial charge on any atom is -0.493 e. The maximum Gasteiger partial charge on any atom is 0.337 e. The number of para-hydroxylation sites is 1. The molecule has 11 heteroatoms. The number of carboxylic acids is 1. The van der Waals surface area contributed by atoms with Gasteiger partial charge in [0.05, 0.1) is 36.2 Å². The molecule has 11 nitrogen and oxygen atoms in total. The van der Waals surface area contributed by atoms with Crippen molar-refractivity contribution in [2.45, 2.75) is 77.6 Å². The van der Waals surface area contributed by atoms with Gasteiger partial charge in [0.2, 0.25) is 0 Å². The first-order chi connectivity index (χ1) is 22.4. The zero-order chi connectivity index (χ0) is 33.8. The Morgan fingerprint density at radius 3 is 2.60 bits per heavy atom. The summed E-state index contributed by atoms with van der Waals surface area (Å²) in [5, 5.41) is 20.0. The fraction of sp³-hybridized carbons (Fsp3) is 0.444. The highest BCUT2D eigenvalue weighted by atomic mass is 16.5. The SMILES string of the molecule is C=CCCOc1ccccc1Cc1cnn(-c2cc3nc(C)c(C(OC(C)(C)C)C(=O)O)c(N4CCC(C)(OCC=C)CC4)n3n2)c1. The van der Waals surface area contributed by atoms with Crippen LogP contribution >= 0.6 is 0 Å². The Labute approximate surface area is 276 Å². The van der Waals surface area contributed by atoms with Crippen molar-refractivity contribution in [1.29, 1.82) is 0 Å². The van der Waals surface area contributed by atoms with Crippen LogP contribution in [0.25, 0.3) is 11.5 Å². The summed E-state index contributed by atoms with van der Waals surface area (Å²) in [5.41, 5.74) is 2.67. The molecule has 0 spiro atoms. The van der Waals surface area contributed by atoms with E-state index in [1.807, 2.05) is 70.4 Å². The summed E-state index contributed by atoms with van der Waals surface area (Å²) in [7, 11) is 0. The molecule has 1 N–H and O–H groups in total. The van der Waals surface area contributed by atoms with Gasteiger partial charge in [0.15, 0.2) is 17.6 Å². The van der Waals surface area contributed by atoms with Gasteiger partial charge in [-0.15, -0.1) is 18.3 Å². The number of aryl methyl sites for hydroxylation is 1. The molecule has 0 bridgehead atoms. The predicted molar refractivity (Wildman–Crippen MR) is 182 cm³/mol. The van der Waals surface area contributed by atoms with Gasteiger partial charge in [0.1, 0.15) is 11.6 Å². The monoisotopic (exact) mass is 642 g/mol. The molecule has 4 aromatic rings. The molecule has 1 saturated heterocycles. The molecule has 4 heterocycles. The van der Waals surface area contributed by atoms with Gasteiger partial charge in [0.25, 0.3) is 0 Å². The maximum atomic E-state index is 12.7. The minimum absolute atomic E-state index is 0.309. The topological polar surface area (TPSA) is 116 Å². The third kappa shape index (κ3) is 7.91. The summed E-state index contributed by atoms with van der Waals surface area (Å²) in [6, 6.07) is 9.85. The molecule has 1 aliphatic heterocycles. The van der Waals surface area contributed by atoms with Crippen molar-refractivity contribution in [3.63, 3.8) is 0 Å². The zero-order valence-corrected chi connectivity index (χ0v) is 28.1. The standard InChI is InChI=1S/C36H46N6O5/c1-8-10-20-45-28-14-12-11-13-27(28)21-26-23-37-41(24-26)30-22-29-38-25(3)31(32(34(43)44)47-35(4,5)6)33(42(29)39-30)40-17-15-36(7,16-18-40)46-19-9-2/h8-9,11-14,22-24,32H,1-2,10,15-21H2,3-7H3,(H,43,44). The highest BCUT2D eigenvalue weighted by Gasteiger charge is 2.37. The number of nitrogens with zero attached hydrogens (tertiary/aromatic N) is 6. The third-order valence-corrected chi connectivity index (χ3v) is 8.24. The van der Waals surface area contributed by atoms with Crippen molar-refractivity contribution in [2.24, 2.45) is 0 Å². The number of rotatable bonds is 14. The van der Waals surface area contributed by atoms with E-state index in [1.54, 1.807) is 15.3 Å². The van der Waals surface area contributed by atoms with E-state index in [0.717, 1.165) is 36.1 Å². The predicted octanol–water partition coefficient (Wildman–Crippen LogP) is 6.27. The lowest BCUT2D eigenvalue weighted by atomic mass is 9.92. The van der Waals surface area contributed by atoms with Gasteiger partial charge in [-0.1, -0.05) is 30.4 Å². The van der Waals surface area contributed by atoms with Crippen LogP contribution in [0.3, 0.4) is 0 Å². The average molecular weight is 643 g/mol. The van der Waals surface area contributed by atoms with Crippen LogP contribution in [-0.4, -0.2) is 73.0 Å². The van der Waals surface area contributed by atoms with E-state index in [2.05, 4.69) is 36.1 Å². The molecule has 1 fully saturated rings. The molecule has 1 aromatic carbocycles. The molecule has 1 aliphatic rings. The molecule has 0 aliphatic carbocycles. The van der Waals surface area contributed by atoms with Crippen molar-refractivity contribution in [3.05, 3.63) is 90.4 Å². The smallest absolute Gasteiger partial charge is 0.337 e. The molecule has 3 aromatic heterocycles. The largest absolute Gasteiger partial charge is 0.493 e. The second-order valence-electron chi connectivity index (χ2n) is 13.2. The number of carbonyl (C=O) groups is 1. The number of carboxylic acid groups (broad SMARTS) is 1. The fourth-order valence-electron chi connectivity index (χ4n) is 5.85. The van der Waals surface area contributed by atoms with Gasteiger partial charge in [0, 0.05) is 37.5 Å². The number of anilines is 1. The van der Waals surface area contributed by atoms with E-state index < -0.39 is 17.7 Å². The summed E-state index contributed by atoms with van der Waals surface area (Å²) in [4.78, 5) is 19.7. The number of aromatic nitrogens is 5. The second-order valence-corrected chi connectivity index (χ2v) is 13.2. The maximum absolute atomic E-state index is 12.7. The molecule has 0 amide bonds. The molecule has 1 unspecified atom stereocenters. The molecule has 0 saturated carbocycles. The third-order valence-electron chi connectivity index (χ3n) is 8.24. The Hall–Kier alpha value is -4.48. The number of fused-ring (bicyclic) bond motifs is 1. The first-order valence-electron chi connectivity index (χ1n) is 16.1. The first-order valence-corrected chi connectivity index (χ1v) is 16.1. The molecule has 0 radical (unpaired) electrons. The van der Waals surface area contributed by atoms with Crippen molar-refractivity contribution in [2.75, 3.05) is 31.2 Å². The molecular formula is C36H46N6O5. The van der Waals surface area contributed by atoms with Crippen LogP contribution in [0, 0.1) is 6.92 Å². The molecule has 5 rings (SSSR count). The second kappa shape index (κ2) is 14.1. The highest BCUT2D eigenvalue weighted by Crippen LogP contribution is 2.38. The van der Waals surface area contributed by atoms with E-state index in [4.69, 9.17) is 24.3 Å². The number of ether oxygens (including phenoxy) is 3. The Morgan fingerprint density at radius 1 is 1.17 bits per heavy atom. The van der Waals surface area contributed by atoms with E-state index in [9.17, 15) is 9.90 Å². The van der Waals surface area contributed by atoms with Crippen molar-refractivity contribution < 1.29 is 24.1 Å². The van der Waals surface area contributed by atoms with Crippen LogP contribution in [0.4, 0.5) is 5.82 Å². The summed E-state index contributed by atoms with van der Waals surface area (Å²) in [6.07, 6.45) is 9.02. The van der Waals surface area contributed by atoms with E-state index in [0.29, 0.717) is 61.3 Å². The summed E-state index contributed by atoms with van der Waals surface area (Å²) in [6.45, 7) is 19.4. The normalized spacial score (nSPS) is 15.5. The van der Waals surface area contributed by atoms with Crippen molar-refractivity contribution in [1.82, 2.24) is 24.4 Å². The molecule has 47 heavy (non-hydrogen) atoms. The number of benzene rings is 1. The highest BCUT2D eigenvalue weighted by molar-refractivity contribution is 5.78. The van der Waals surface area contributed by atoms with Crippen molar-refractivity contribution in [3.8, 4) is 11.6 Å².